The standard InChI is InChI=1S/C20H16Cl2FNO2/c21-15-2-8-20(26-12-13-1-3-16(23)10-19(13)22)14(9-15)11-24-17-4-6-18(25)7-5-17/h1-10,24-25H,11-12H2. The summed E-state index contributed by atoms with van der Waals surface area (Å²) in [7, 11) is 0. The third-order valence-electron chi connectivity index (χ3n) is 3.77. The lowest BCUT2D eigenvalue weighted by atomic mass is 10.2. The topological polar surface area (TPSA) is 41.5 Å². The van der Waals surface area contributed by atoms with Gasteiger partial charge in [0.15, 0.2) is 0 Å². The van der Waals surface area contributed by atoms with Gasteiger partial charge in [-0.05, 0) is 54.6 Å². The van der Waals surface area contributed by atoms with E-state index in [0.717, 1.165) is 11.3 Å². The van der Waals surface area contributed by atoms with Gasteiger partial charge in [0.1, 0.15) is 23.9 Å². The predicted molar refractivity (Wildman–Crippen MR) is 103 cm³/mol. The normalized spacial score (nSPS) is 10.6. The molecule has 0 aromatic heterocycles. The van der Waals surface area contributed by atoms with Crippen LogP contribution in [0.25, 0.3) is 0 Å². The Bertz CT molecular complexity index is 901. The van der Waals surface area contributed by atoms with Crippen molar-refractivity contribution in [3.05, 3.63) is 87.7 Å². The SMILES string of the molecule is Oc1ccc(NCc2cc(Cl)ccc2OCc2ccc(F)cc2Cl)cc1. The minimum atomic E-state index is -0.385. The van der Waals surface area contributed by atoms with E-state index in [2.05, 4.69) is 5.32 Å². The van der Waals surface area contributed by atoms with Crippen molar-refractivity contribution < 1.29 is 14.2 Å². The Labute approximate surface area is 161 Å². The second kappa shape index (κ2) is 8.30. The van der Waals surface area contributed by atoms with Crippen molar-refractivity contribution in [3.8, 4) is 11.5 Å². The van der Waals surface area contributed by atoms with Gasteiger partial charge in [-0.1, -0.05) is 29.3 Å². The molecular formula is C20H16Cl2FNO2. The summed E-state index contributed by atoms with van der Waals surface area (Å²) >= 11 is 12.1. The minimum absolute atomic E-state index is 0.207. The highest BCUT2D eigenvalue weighted by Gasteiger charge is 2.08. The van der Waals surface area contributed by atoms with Gasteiger partial charge < -0.3 is 15.2 Å². The number of hydrogen-bond donors (Lipinski definition) is 2. The maximum Gasteiger partial charge on any atom is 0.124 e. The van der Waals surface area contributed by atoms with Crippen LogP contribution < -0.4 is 10.1 Å². The molecule has 0 bridgehead atoms. The number of nitrogens with one attached hydrogen (secondary N) is 1. The van der Waals surface area contributed by atoms with Crippen molar-refractivity contribution in [3.63, 3.8) is 0 Å². The molecule has 6 heteroatoms. The quantitative estimate of drug-likeness (QED) is 0.504. The summed E-state index contributed by atoms with van der Waals surface area (Å²) in [6.45, 7) is 0.699. The lowest BCUT2D eigenvalue weighted by Gasteiger charge is -2.14. The molecule has 134 valence electrons. The third-order valence-corrected chi connectivity index (χ3v) is 4.36. The Morgan fingerprint density at radius 2 is 1.69 bits per heavy atom. The van der Waals surface area contributed by atoms with Crippen LogP contribution in [0.15, 0.2) is 60.7 Å². The van der Waals surface area contributed by atoms with E-state index in [1.807, 2.05) is 6.07 Å². The van der Waals surface area contributed by atoms with Crippen LogP contribution in [0.1, 0.15) is 11.1 Å². The largest absolute Gasteiger partial charge is 0.508 e. The molecule has 0 fully saturated rings. The van der Waals surface area contributed by atoms with Gasteiger partial charge in [0.2, 0.25) is 0 Å². The Morgan fingerprint density at radius 3 is 2.42 bits per heavy atom. The van der Waals surface area contributed by atoms with Crippen LogP contribution in [0.5, 0.6) is 11.5 Å². The van der Waals surface area contributed by atoms with E-state index in [1.165, 1.54) is 12.1 Å². The van der Waals surface area contributed by atoms with E-state index < -0.39 is 0 Å². The molecule has 3 rings (SSSR count). The average molecular weight is 392 g/mol. The smallest absolute Gasteiger partial charge is 0.124 e. The van der Waals surface area contributed by atoms with Gasteiger partial charge in [-0.3, -0.25) is 0 Å². The van der Waals surface area contributed by atoms with Crippen molar-refractivity contribution in [1.82, 2.24) is 0 Å². The highest BCUT2D eigenvalue weighted by Crippen LogP contribution is 2.26. The maximum atomic E-state index is 13.1. The third kappa shape index (κ3) is 4.81. The molecule has 26 heavy (non-hydrogen) atoms. The monoisotopic (exact) mass is 391 g/mol. The zero-order valence-electron chi connectivity index (χ0n) is 13.7. The summed E-state index contributed by atoms with van der Waals surface area (Å²) in [4.78, 5) is 0. The number of phenols is 1. The molecule has 0 saturated heterocycles. The zero-order chi connectivity index (χ0) is 18.5. The first-order chi connectivity index (χ1) is 12.5. The van der Waals surface area contributed by atoms with Gasteiger partial charge in [-0.25, -0.2) is 4.39 Å². The van der Waals surface area contributed by atoms with E-state index in [9.17, 15) is 9.50 Å². The van der Waals surface area contributed by atoms with Crippen molar-refractivity contribution in [2.45, 2.75) is 13.2 Å². The van der Waals surface area contributed by atoms with E-state index >= 15 is 0 Å². The van der Waals surface area contributed by atoms with Crippen LogP contribution in [0.4, 0.5) is 10.1 Å². The predicted octanol–water partition coefficient (Wildman–Crippen LogP) is 6.03. The zero-order valence-corrected chi connectivity index (χ0v) is 15.2. The molecule has 0 unspecified atom stereocenters. The van der Waals surface area contributed by atoms with Gasteiger partial charge in [0.25, 0.3) is 0 Å². The number of rotatable bonds is 6. The summed E-state index contributed by atoms with van der Waals surface area (Å²) in [6.07, 6.45) is 0. The fourth-order valence-corrected chi connectivity index (χ4v) is 2.81. The second-order valence-electron chi connectivity index (χ2n) is 5.68. The van der Waals surface area contributed by atoms with E-state index in [1.54, 1.807) is 42.5 Å². The van der Waals surface area contributed by atoms with Crippen LogP contribution in [0, 0.1) is 5.82 Å². The number of halogens is 3. The Balaban J connectivity index is 1.71. The van der Waals surface area contributed by atoms with E-state index in [0.29, 0.717) is 27.9 Å². The molecule has 0 heterocycles. The summed E-state index contributed by atoms with van der Waals surface area (Å²) in [5.41, 5.74) is 2.42. The molecule has 0 radical (unpaired) electrons. The number of anilines is 1. The number of ether oxygens (including phenoxy) is 1. The lowest BCUT2D eigenvalue weighted by molar-refractivity contribution is 0.303. The molecule has 0 aliphatic heterocycles. The van der Waals surface area contributed by atoms with Crippen molar-refractivity contribution in [1.29, 1.82) is 0 Å². The molecule has 2 N–H and O–H groups in total. The first-order valence-corrected chi connectivity index (χ1v) is 8.65. The molecule has 0 saturated carbocycles. The van der Waals surface area contributed by atoms with Crippen LogP contribution in [-0.2, 0) is 13.2 Å². The summed E-state index contributed by atoms with van der Waals surface area (Å²) in [5.74, 6) is 0.476. The average Bonchev–Trinajstić information content (AvgIpc) is 2.62. The molecule has 0 spiro atoms. The Hall–Kier alpha value is -2.43. The number of phenolic OH excluding ortho intramolecular Hbond substituents is 1. The molecular weight excluding hydrogens is 376 g/mol. The van der Waals surface area contributed by atoms with Crippen molar-refractivity contribution >= 4 is 28.9 Å². The van der Waals surface area contributed by atoms with Gasteiger partial charge in [-0.2, -0.15) is 0 Å². The Kier molecular flexibility index (Phi) is 5.86. The number of hydrogen-bond acceptors (Lipinski definition) is 3. The first-order valence-electron chi connectivity index (χ1n) is 7.89. The van der Waals surface area contributed by atoms with Gasteiger partial charge in [0, 0.05) is 28.4 Å². The second-order valence-corrected chi connectivity index (χ2v) is 6.52. The molecule has 0 atom stereocenters. The molecule has 0 aliphatic rings. The fourth-order valence-electron chi connectivity index (χ4n) is 2.40. The van der Waals surface area contributed by atoms with Gasteiger partial charge >= 0.3 is 0 Å². The van der Waals surface area contributed by atoms with Crippen molar-refractivity contribution in [2.75, 3.05) is 5.32 Å². The van der Waals surface area contributed by atoms with Gasteiger partial charge in [0.05, 0.1) is 5.02 Å². The van der Waals surface area contributed by atoms with E-state index in [4.69, 9.17) is 27.9 Å². The lowest BCUT2D eigenvalue weighted by Crippen LogP contribution is -2.04. The highest BCUT2D eigenvalue weighted by molar-refractivity contribution is 6.31. The molecule has 0 amide bonds. The fraction of sp³-hybridized carbons (Fsp3) is 0.100. The number of aromatic hydroxyl groups is 1. The number of benzene rings is 3. The molecule has 3 nitrogen and oxygen atoms in total. The minimum Gasteiger partial charge on any atom is -0.508 e. The van der Waals surface area contributed by atoms with Crippen LogP contribution >= 0.6 is 23.2 Å². The highest BCUT2D eigenvalue weighted by atomic mass is 35.5. The van der Waals surface area contributed by atoms with Crippen molar-refractivity contribution in [2.24, 2.45) is 0 Å². The Morgan fingerprint density at radius 1 is 0.923 bits per heavy atom. The molecule has 3 aromatic rings. The van der Waals surface area contributed by atoms with Crippen LogP contribution in [0.2, 0.25) is 10.0 Å². The summed E-state index contributed by atoms with van der Waals surface area (Å²) < 4.78 is 19.0. The van der Waals surface area contributed by atoms with E-state index in [-0.39, 0.29) is 18.2 Å². The molecule has 3 aromatic carbocycles. The van der Waals surface area contributed by atoms with Gasteiger partial charge in [-0.15, -0.1) is 0 Å². The molecule has 0 aliphatic carbocycles. The summed E-state index contributed by atoms with van der Waals surface area (Å²) in [6, 6.07) is 16.3. The maximum absolute atomic E-state index is 13.1. The van der Waals surface area contributed by atoms with Crippen LogP contribution in [-0.4, -0.2) is 5.11 Å². The van der Waals surface area contributed by atoms with Crippen LogP contribution in [0.3, 0.4) is 0 Å². The summed E-state index contributed by atoms with van der Waals surface area (Å²) in [5, 5.41) is 13.5. The first kappa shape index (κ1) is 18.4.